The average Bonchev–Trinajstić information content (AvgIpc) is 3.23. The van der Waals surface area contributed by atoms with Crippen molar-refractivity contribution in [2.45, 2.75) is 32.2 Å². The number of aryl methyl sites for hydroxylation is 1. The van der Waals surface area contributed by atoms with Crippen LogP contribution in [0.3, 0.4) is 0 Å². The zero-order valence-corrected chi connectivity index (χ0v) is 15.1. The molecule has 0 aromatic carbocycles. The molecule has 0 aliphatic carbocycles. The van der Waals surface area contributed by atoms with Gasteiger partial charge in [-0.15, -0.1) is 16.4 Å². The van der Waals surface area contributed by atoms with Crippen LogP contribution in [0.5, 0.6) is 0 Å². The van der Waals surface area contributed by atoms with Crippen LogP contribution >= 0.6 is 11.3 Å². The van der Waals surface area contributed by atoms with Crippen molar-refractivity contribution in [3.8, 4) is 0 Å². The van der Waals surface area contributed by atoms with Crippen LogP contribution in [0.2, 0.25) is 0 Å². The fraction of sp³-hybridized carbons (Fsp3) is 0.556. The van der Waals surface area contributed by atoms with Gasteiger partial charge in [-0.05, 0) is 36.9 Å². The molecule has 2 fully saturated rings. The highest BCUT2D eigenvalue weighted by atomic mass is 32.1. The van der Waals surface area contributed by atoms with Crippen molar-refractivity contribution < 1.29 is 8.78 Å². The summed E-state index contributed by atoms with van der Waals surface area (Å²) in [4.78, 5) is 5.39. The SMILES string of the molecule is Cc1ccc(N2CC[C@]3(CN(Cc4cccs4)CCC3(F)F)C2)nn1. The number of alkyl halides is 2. The molecule has 0 unspecified atom stereocenters. The van der Waals surface area contributed by atoms with Crippen LogP contribution in [0.15, 0.2) is 29.6 Å². The highest BCUT2D eigenvalue weighted by molar-refractivity contribution is 7.09. The van der Waals surface area contributed by atoms with Crippen LogP contribution < -0.4 is 4.90 Å². The zero-order valence-electron chi connectivity index (χ0n) is 14.3. The lowest BCUT2D eigenvalue weighted by Crippen LogP contribution is -2.56. The normalized spacial score (nSPS) is 26.4. The number of thiophene rings is 1. The fourth-order valence-corrected chi connectivity index (χ4v) is 4.75. The maximum atomic E-state index is 14.9. The number of nitrogens with zero attached hydrogens (tertiary/aromatic N) is 4. The molecule has 1 atom stereocenters. The number of likely N-dealkylation sites (tertiary alicyclic amines) is 1. The second-order valence-electron chi connectivity index (χ2n) is 7.23. The van der Waals surface area contributed by atoms with Gasteiger partial charge in [0.2, 0.25) is 0 Å². The summed E-state index contributed by atoms with van der Waals surface area (Å²) >= 11 is 1.69. The van der Waals surface area contributed by atoms with Crippen LogP contribution in [-0.2, 0) is 6.54 Å². The van der Waals surface area contributed by atoms with Gasteiger partial charge < -0.3 is 4.90 Å². The van der Waals surface area contributed by atoms with Gasteiger partial charge in [0.15, 0.2) is 5.82 Å². The van der Waals surface area contributed by atoms with Crippen molar-refractivity contribution >= 4 is 17.2 Å². The Morgan fingerprint density at radius 3 is 2.72 bits per heavy atom. The molecule has 0 amide bonds. The Hall–Kier alpha value is -1.60. The van der Waals surface area contributed by atoms with Crippen LogP contribution in [0.25, 0.3) is 0 Å². The molecule has 4 rings (SSSR count). The number of anilines is 1. The van der Waals surface area contributed by atoms with Crippen molar-refractivity contribution in [3.63, 3.8) is 0 Å². The maximum Gasteiger partial charge on any atom is 0.257 e. The number of halogens is 2. The summed E-state index contributed by atoms with van der Waals surface area (Å²) in [7, 11) is 0. The highest BCUT2D eigenvalue weighted by Gasteiger charge is 2.59. The summed E-state index contributed by atoms with van der Waals surface area (Å²) in [6.07, 6.45) is 0.433. The predicted molar refractivity (Wildman–Crippen MR) is 95.2 cm³/mol. The van der Waals surface area contributed by atoms with Crippen LogP contribution in [0.1, 0.15) is 23.4 Å². The van der Waals surface area contributed by atoms with Crippen LogP contribution in [0.4, 0.5) is 14.6 Å². The summed E-state index contributed by atoms with van der Waals surface area (Å²) in [5.74, 6) is -1.93. The highest BCUT2D eigenvalue weighted by Crippen LogP contribution is 2.50. The van der Waals surface area contributed by atoms with Gasteiger partial charge in [0.05, 0.1) is 11.1 Å². The third-order valence-electron chi connectivity index (χ3n) is 5.47. The first kappa shape index (κ1) is 16.8. The van der Waals surface area contributed by atoms with E-state index in [1.54, 1.807) is 11.3 Å². The standard InChI is InChI=1S/C18H22F2N4S/c1-14-4-5-16(22-21-14)24-9-6-17(13-24)12-23(8-7-18(17,19)20)11-15-3-2-10-25-15/h2-5,10H,6-9,11-13H2,1H3/t17-/m0/s1. The smallest absolute Gasteiger partial charge is 0.257 e. The number of hydrogen-bond acceptors (Lipinski definition) is 5. The molecule has 7 heteroatoms. The van der Waals surface area contributed by atoms with E-state index in [9.17, 15) is 8.78 Å². The molecule has 2 aliphatic heterocycles. The quantitative estimate of drug-likeness (QED) is 0.833. The van der Waals surface area contributed by atoms with Crippen LogP contribution in [-0.4, -0.2) is 47.2 Å². The topological polar surface area (TPSA) is 32.3 Å². The number of hydrogen-bond donors (Lipinski definition) is 0. The summed E-state index contributed by atoms with van der Waals surface area (Å²) in [6.45, 7) is 4.49. The molecule has 4 heterocycles. The summed E-state index contributed by atoms with van der Waals surface area (Å²) < 4.78 is 29.8. The molecule has 0 N–H and O–H groups in total. The minimum atomic E-state index is -2.63. The molecule has 25 heavy (non-hydrogen) atoms. The lowest BCUT2D eigenvalue weighted by atomic mass is 9.75. The van der Waals surface area contributed by atoms with Gasteiger partial charge >= 0.3 is 0 Å². The Labute approximate surface area is 150 Å². The first-order chi connectivity index (χ1) is 12.0. The van der Waals surface area contributed by atoms with Crippen molar-refractivity contribution in [3.05, 3.63) is 40.2 Å². The minimum Gasteiger partial charge on any atom is -0.354 e. The van der Waals surface area contributed by atoms with Gasteiger partial charge in [-0.2, -0.15) is 5.10 Å². The van der Waals surface area contributed by atoms with E-state index < -0.39 is 11.3 Å². The largest absolute Gasteiger partial charge is 0.354 e. The Morgan fingerprint density at radius 2 is 2.00 bits per heavy atom. The van der Waals surface area contributed by atoms with Crippen molar-refractivity contribution in [2.75, 3.05) is 31.1 Å². The van der Waals surface area contributed by atoms with Crippen LogP contribution in [0, 0.1) is 12.3 Å². The van der Waals surface area contributed by atoms with Crippen molar-refractivity contribution in [1.82, 2.24) is 15.1 Å². The molecule has 0 bridgehead atoms. The molecule has 2 aliphatic rings. The summed E-state index contributed by atoms with van der Waals surface area (Å²) in [5.41, 5.74) is -0.155. The third-order valence-corrected chi connectivity index (χ3v) is 6.33. The first-order valence-corrected chi connectivity index (χ1v) is 9.53. The van der Waals surface area contributed by atoms with E-state index in [0.29, 0.717) is 38.4 Å². The molecular weight excluding hydrogens is 342 g/mol. The average molecular weight is 364 g/mol. The van der Waals surface area contributed by atoms with Gasteiger partial charge in [-0.3, -0.25) is 4.90 Å². The molecule has 2 saturated heterocycles. The second-order valence-corrected chi connectivity index (χ2v) is 8.26. The van der Waals surface area contributed by atoms with Crippen molar-refractivity contribution in [1.29, 1.82) is 0 Å². The van der Waals surface area contributed by atoms with E-state index in [1.807, 2.05) is 35.4 Å². The first-order valence-electron chi connectivity index (χ1n) is 8.65. The Kier molecular flexibility index (Phi) is 4.24. The van der Waals surface area contributed by atoms with Gasteiger partial charge in [-0.1, -0.05) is 6.07 Å². The number of rotatable bonds is 3. The predicted octanol–water partition coefficient (Wildman–Crippen LogP) is 3.58. The lowest BCUT2D eigenvalue weighted by Gasteiger charge is -2.45. The van der Waals surface area contributed by atoms with E-state index in [4.69, 9.17) is 0 Å². The van der Waals surface area contributed by atoms with Gasteiger partial charge in [0.1, 0.15) is 0 Å². The number of aromatic nitrogens is 2. The fourth-order valence-electron chi connectivity index (χ4n) is 4.00. The van der Waals surface area contributed by atoms with E-state index in [-0.39, 0.29) is 6.42 Å². The maximum absolute atomic E-state index is 14.9. The molecule has 0 saturated carbocycles. The lowest BCUT2D eigenvalue weighted by molar-refractivity contribution is -0.158. The van der Waals surface area contributed by atoms with E-state index in [1.165, 1.54) is 4.88 Å². The van der Waals surface area contributed by atoms with E-state index in [0.717, 1.165) is 12.2 Å². The summed E-state index contributed by atoms with van der Waals surface area (Å²) in [5, 5.41) is 10.3. The molecule has 2 aromatic heterocycles. The molecule has 2 aromatic rings. The van der Waals surface area contributed by atoms with E-state index >= 15 is 0 Å². The molecular formula is C18H22F2N4S. The Balaban J connectivity index is 1.52. The van der Waals surface area contributed by atoms with Crippen molar-refractivity contribution in [2.24, 2.45) is 5.41 Å². The number of piperidine rings is 1. The van der Waals surface area contributed by atoms with Gasteiger partial charge in [0.25, 0.3) is 5.92 Å². The summed E-state index contributed by atoms with van der Waals surface area (Å²) in [6, 6.07) is 7.86. The monoisotopic (exact) mass is 364 g/mol. The second kappa shape index (κ2) is 6.29. The minimum absolute atomic E-state index is 0.0637. The van der Waals surface area contributed by atoms with Gasteiger partial charge in [-0.25, -0.2) is 8.78 Å². The Bertz CT molecular complexity index is 719. The van der Waals surface area contributed by atoms with E-state index in [2.05, 4.69) is 21.2 Å². The Morgan fingerprint density at radius 1 is 1.12 bits per heavy atom. The molecule has 1 spiro atoms. The van der Waals surface area contributed by atoms with Gasteiger partial charge in [0, 0.05) is 44.0 Å². The third kappa shape index (κ3) is 3.15. The molecule has 0 radical (unpaired) electrons. The molecule has 134 valence electrons. The molecule has 4 nitrogen and oxygen atoms in total. The zero-order chi connectivity index (χ0) is 17.5.